The maximum Gasteiger partial charge on any atom is 0.404 e. The van der Waals surface area contributed by atoms with Crippen molar-refractivity contribution in [2.75, 3.05) is 0 Å². The number of rotatable bonds is 4. The summed E-state index contributed by atoms with van der Waals surface area (Å²) < 4.78 is 14.8. The van der Waals surface area contributed by atoms with Gasteiger partial charge < -0.3 is 15.0 Å². The summed E-state index contributed by atoms with van der Waals surface area (Å²) in [5.74, 6) is 0.383. The van der Waals surface area contributed by atoms with E-state index in [0.29, 0.717) is 5.92 Å². The third kappa shape index (κ3) is 4.66. The van der Waals surface area contributed by atoms with Gasteiger partial charge in [-0.1, -0.05) is 0 Å². The Morgan fingerprint density at radius 3 is 2.56 bits per heavy atom. The number of carboxylic acid groups (broad SMARTS) is 1. The lowest BCUT2D eigenvalue weighted by Crippen LogP contribution is -2.46. The molecule has 4 atom stereocenters. The van der Waals surface area contributed by atoms with E-state index in [1.165, 1.54) is 0 Å². The summed E-state index contributed by atoms with van der Waals surface area (Å²) in [5, 5.41) is 11.2. The summed E-state index contributed by atoms with van der Waals surface area (Å²) in [5.41, 5.74) is 0. The van der Waals surface area contributed by atoms with Gasteiger partial charge in [-0.3, -0.25) is 0 Å². The molecule has 1 rings (SSSR count). The first-order valence-corrected chi connectivity index (χ1v) is 7.52. The van der Waals surface area contributed by atoms with Gasteiger partial charge in [-0.05, 0) is 52.9 Å². The highest BCUT2D eigenvalue weighted by atomic mass is 32.2. The lowest BCUT2D eigenvalue weighted by molar-refractivity contribution is 0.189. The molecule has 0 aromatic carbocycles. The van der Waals surface area contributed by atoms with Crippen molar-refractivity contribution in [3.63, 3.8) is 0 Å². The van der Waals surface area contributed by atoms with Gasteiger partial charge in [0.05, 0.1) is 6.04 Å². The SMILES string of the molecule is C[C@H](N[S+]([O-])C(C)(C)C)[C@H]1CC[C@@H](NC(=O)O)C1. The Kier molecular flexibility index (Phi) is 5.31. The molecule has 3 N–H and O–H groups in total. The molecule has 1 unspecified atom stereocenters. The molecule has 5 nitrogen and oxygen atoms in total. The fourth-order valence-corrected chi connectivity index (χ4v) is 3.10. The summed E-state index contributed by atoms with van der Waals surface area (Å²) in [6.45, 7) is 7.84. The Hall–Kier alpha value is -0.460. The highest BCUT2D eigenvalue weighted by Crippen LogP contribution is 2.29. The van der Waals surface area contributed by atoms with Crippen molar-refractivity contribution in [3.05, 3.63) is 0 Å². The molecule has 1 amide bonds. The number of hydrogen-bond acceptors (Lipinski definition) is 3. The third-order valence-corrected chi connectivity index (χ3v) is 5.06. The Bertz CT molecular complexity index is 294. The predicted molar refractivity (Wildman–Crippen MR) is 72.8 cm³/mol. The topological polar surface area (TPSA) is 84.4 Å². The Morgan fingerprint density at radius 1 is 1.44 bits per heavy atom. The second kappa shape index (κ2) is 6.12. The molecule has 1 aliphatic rings. The first-order valence-electron chi connectivity index (χ1n) is 6.37. The molecule has 0 saturated heterocycles. The van der Waals surface area contributed by atoms with Crippen LogP contribution in [-0.2, 0) is 11.4 Å². The first kappa shape index (κ1) is 15.6. The molecular formula is C12H24N2O3S. The molecule has 0 bridgehead atoms. The summed E-state index contributed by atoms with van der Waals surface area (Å²) in [4.78, 5) is 10.6. The van der Waals surface area contributed by atoms with Gasteiger partial charge in [-0.2, -0.15) is 0 Å². The summed E-state index contributed by atoms with van der Waals surface area (Å²) in [7, 11) is 0. The fourth-order valence-electron chi connectivity index (χ4n) is 2.22. The molecule has 106 valence electrons. The van der Waals surface area contributed by atoms with Crippen LogP contribution in [0.4, 0.5) is 4.79 Å². The molecule has 1 saturated carbocycles. The Morgan fingerprint density at radius 2 is 2.06 bits per heavy atom. The summed E-state index contributed by atoms with van der Waals surface area (Å²) >= 11 is -1.07. The zero-order valence-electron chi connectivity index (χ0n) is 11.5. The van der Waals surface area contributed by atoms with Crippen molar-refractivity contribution in [2.45, 2.75) is 63.8 Å². The molecule has 0 heterocycles. The molecule has 0 radical (unpaired) electrons. The van der Waals surface area contributed by atoms with E-state index in [-0.39, 0.29) is 16.8 Å². The zero-order valence-corrected chi connectivity index (χ0v) is 12.3. The number of amides is 1. The number of hydrogen-bond donors (Lipinski definition) is 3. The lowest BCUT2D eigenvalue weighted by Gasteiger charge is -2.28. The molecule has 18 heavy (non-hydrogen) atoms. The van der Waals surface area contributed by atoms with E-state index in [4.69, 9.17) is 5.11 Å². The summed E-state index contributed by atoms with van der Waals surface area (Å²) in [6.07, 6.45) is 1.70. The molecule has 0 aromatic rings. The molecule has 1 fully saturated rings. The van der Waals surface area contributed by atoms with E-state index in [0.717, 1.165) is 19.3 Å². The van der Waals surface area contributed by atoms with E-state index in [2.05, 4.69) is 10.0 Å². The lowest BCUT2D eigenvalue weighted by atomic mass is 10.0. The van der Waals surface area contributed by atoms with Crippen LogP contribution < -0.4 is 10.0 Å². The molecule has 0 aliphatic heterocycles. The molecule has 0 spiro atoms. The van der Waals surface area contributed by atoms with Gasteiger partial charge in [0.25, 0.3) is 0 Å². The molecule has 0 aromatic heterocycles. The standard InChI is InChI=1S/C12H24N2O3S/c1-8(14-18(17)12(2,3)4)9-5-6-10(7-9)13-11(15)16/h8-10,13-14H,5-7H2,1-4H3,(H,15,16)/t8-,9-,10+,18?/m0/s1. The average Bonchev–Trinajstić information content (AvgIpc) is 2.63. The van der Waals surface area contributed by atoms with E-state index < -0.39 is 17.5 Å². The van der Waals surface area contributed by atoms with Gasteiger partial charge >= 0.3 is 6.09 Å². The van der Waals surface area contributed by atoms with Gasteiger partial charge in [-0.15, -0.1) is 4.72 Å². The maximum atomic E-state index is 12.0. The summed E-state index contributed by atoms with van der Waals surface area (Å²) in [6, 6.07) is 0.186. The van der Waals surface area contributed by atoms with Gasteiger partial charge in [0.15, 0.2) is 0 Å². The van der Waals surface area contributed by atoms with Crippen LogP contribution in [-0.4, -0.2) is 32.6 Å². The van der Waals surface area contributed by atoms with E-state index >= 15 is 0 Å². The maximum absolute atomic E-state index is 12.0. The van der Waals surface area contributed by atoms with Crippen LogP contribution >= 0.6 is 0 Å². The first-order chi connectivity index (χ1) is 8.20. The zero-order chi connectivity index (χ0) is 13.9. The van der Waals surface area contributed by atoms with E-state index in [9.17, 15) is 9.35 Å². The second-order valence-electron chi connectivity index (χ2n) is 6.01. The third-order valence-electron chi connectivity index (χ3n) is 3.36. The van der Waals surface area contributed by atoms with Crippen molar-refractivity contribution in [1.29, 1.82) is 0 Å². The van der Waals surface area contributed by atoms with Crippen molar-refractivity contribution < 1.29 is 14.5 Å². The second-order valence-corrected chi connectivity index (χ2v) is 8.01. The highest BCUT2D eigenvalue weighted by molar-refractivity contribution is 7.90. The number of carbonyl (C=O) groups is 1. The van der Waals surface area contributed by atoms with Crippen LogP contribution in [0.1, 0.15) is 47.0 Å². The minimum Gasteiger partial charge on any atom is -0.598 e. The van der Waals surface area contributed by atoms with Gasteiger partial charge in [-0.25, -0.2) is 4.79 Å². The van der Waals surface area contributed by atoms with Crippen LogP contribution in [0.2, 0.25) is 0 Å². The van der Waals surface area contributed by atoms with Crippen LogP contribution in [0.3, 0.4) is 0 Å². The minimum atomic E-state index is -1.07. The number of nitrogens with one attached hydrogen (secondary N) is 2. The van der Waals surface area contributed by atoms with Gasteiger partial charge in [0.2, 0.25) is 0 Å². The smallest absolute Gasteiger partial charge is 0.404 e. The predicted octanol–water partition coefficient (Wildman–Crippen LogP) is 1.86. The Balaban J connectivity index is 2.40. The van der Waals surface area contributed by atoms with Crippen molar-refractivity contribution >= 4 is 17.5 Å². The van der Waals surface area contributed by atoms with Crippen molar-refractivity contribution in [3.8, 4) is 0 Å². The molecular weight excluding hydrogens is 252 g/mol. The normalized spacial score (nSPS) is 27.8. The quantitative estimate of drug-likeness (QED) is 0.684. The molecule has 1 aliphatic carbocycles. The van der Waals surface area contributed by atoms with E-state index in [1.54, 1.807) is 0 Å². The monoisotopic (exact) mass is 276 g/mol. The van der Waals surface area contributed by atoms with Crippen LogP contribution in [0, 0.1) is 5.92 Å². The molecule has 6 heteroatoms. The largest absolute Gasteiger partial charge is 0.598 e. The van der Waals surface area contributed by atoms with Crippen molar-refractivity contribution in [1.82, 2.24) is 10.0 Å². The van der Waals surface area contributed by atoms with Crippen LogP contribution in [0.25, 0.3) is 0 Å². The Labute approximate surface area is 112 Å². The fraction of sp³-hybridized carbons (Fsp3) is 0.917. The highest BCUT2D eigenvalue weighted by Gasteiger charge is 2.34. The van der Waals surface area contributed by atoms with Gasteiger partial charge in [0.1, 0.15) is 4.75 Å². The van der Waals surface area contributed by atoms with Gasteiger partial charge in [0, 0.05) is 17.4 Å². The van der Waals surface area contributed by atoms with E-state index in [1.807, 2.05) is 27.7 Å². The average molecular weight is 276 g/mol. The van der Waals surface area contributed by atoms with Crippen molar-refractivity contribution in [2.24, 2.45) is 5.92 Å². The minimum absolute atomic E-state index is 0.0415. The van der Waals surface area contributed by atoms with Crippen LogP contribution in [0.5, 0.6) is 0 Å². The van der Waals surface area contributed by atoms with Crippen LogP contribution in [0.15, 0.2) is 0 Å².